The second kappa shape index (κ2) is 8.23. The Kier molecular flexibility index (Phi) is 5.51. The van der Waals surface area contributed by atoms with Crippen LogP contribution in [-0.4, -0.2) is 40.7 Å². The van der Waals surface area contributed by atoms with E-state index in [4.69, 9.17) is 5.14 Å². The zero-order chi connectivity index (χ0) is 25.9. The quantitative estimate of drug-likeness (QED) is 0.449. The van der Waals surface area contributed by atoms with Gasteiger partial charge >= 0.3 is 6.18 Å². The zero-order valence-electron chi connectivity index (χ0n) is 18.4. The van der Waals surface area contributed by atoms with E-state index in [0.717, 1.165) is 18.6 Å². The average Bonchev–Trinajstić information content (AvgIpc) is 3.11. The van der Waals surface area contributed by atoms with Crippen LogP contribution in [0.2, 0.25) is 0 Å². The summed E-state index contributed by atoms with van der Waals surface area (Å²) in [6.07, 6.45) is -0.898. The summed E-state index contributed by atoms with van der Waals surface area (Å²) in [5.41, 5.74) is -0.674. The molecule has 1 saturated carbocycles. The number of anilines is 2. The second-order valence-corrected chi connectivity index (χ2v) is 10.2. The molecule has 0 bridgehead atoms. The number of nitrogens with two attached hydrogens (primary N) is 1. The molecule has 10 nitrogen and oxygen atoms in total. The summed E-state index contributed by atoms with van der Waals surface area (Å²) in [5, 5.41) is 11.3. The molecule has 2 aliphatic rings. The molecule has 4 N–H and O–H groups in total. The lowest BCUT2D eigenvalue weighted by Gasteiger charge is -2.37. The van der Waals surface area contributed by atoms with Gasteiger partial charge in [-0.2, -0.15) is 23.3 Å². The normalized spacial score (nSPS) is 17.9. The number of fused-ring (bicyclic) bond motifs is 4. The Labute approximate surface area is 201 Å². The van der Waals surface area contributed by atoms with Crippen LogP contribution in [0.4, 0.5) is 29.2 Å². The summed E-state index contributed by atoms with van der Waals surface area (Å²) in [6, 6.07) is 4.31. The Bertz CT molecular complexity index is 1530. The molecule has 1 aromatic carbocycles. The fraction of sp³-hybridized carbons (Fsp3) is 0.333. The smallest absolute Gasteiger partial charge is 0.324 e. The van der Waals surface area contributed by atoms with Gasteiger partial charge in [0.05, 0.1) is 5.69 Å². The van der Waals surface area contributed by atoms with Crippen LogP contribution in [0.1, 0.15) is 37.8 Å². The average molecular weight is 525 g/mol. The van der Waals surface area contributed by atoms with Crippen LogP contribution in [0.15, 0.2) is 40.5 Å². The van der Waals surface area contributed by atoms with Crippen molar-refractivity contribution in [3.63, 3.8) is 0 Å². The second-order valence-electron chi connectivity index (χ2n) is 8.64. The lowest BCUT2D eigenvalue weighted by atomic mass is 9.80. The van der Waals surface area contributed by atoms with E-state index in [2.05, 4.69) is 25.8 Å². The van der Waals surface area contributed by atoms with Gasteiger partial charge in [0.25, 0.3) is 5.91 Å². The molecule has 15 heteroatoms. The van der Waals surface area contributed by atoms with Gasteiger partial charge in [0, 0.05) is 17.3 Å². The Morgan fingerprint density at radius 2 is 1.86 bits per heavy atom. The minimum absolute atomic E-state index is 0.0695. The van der Waals surface area contributed by atoms with Crippen molar-refractivity contribution in [2.75, 3.05) is 5.32 Å². The summed E-state index contributed by atoms with van der Waals surface area (Å²) >= 11 is 0. The number of hydrazone groups is 1. The van der Waals surface area contributed by atoms with E-state index in [1.165, 1.54) is 22.9 Å². The van der Waals surface area contributed by atoms with Crippen LogP contribution in [-0.2, 0) is 20.4 Å². The van der Waals surface area contributed by atoms with Gasteiger partial charge in [0.2, 0.25) is 16.0 Å². The van der Waals surface area contributed by atoms with Gasteiger partial charge in [-0.3, -0.25) is 4.79 Å². The van der Waals surface area contributed by atoms with Crippen molar-refractivity contribution in [3.8, 4) is 0 Å². The highest BCUT2D eigenvalue weighted by molar-refractivity contribution is 7.89. The van der Waals surface area contributed by atoms with E-state index in [1.54, 1.807) is 0 Å². The van der Waals surface area contributed by atoms with E-state index < -0.39 is 44.1 Å². The maximum Gasteiger partial charge on any atom is 0.437 e. The lowest BCUT2D eigenvalue weighted by Crippen LogP contribution is -2.48. The summed E-state index contributed by atoms with van der Waals surface area (Å²) in [5.74, 6) is -1.87. The number of amides is 1. The minimum atomic E-state index is -4.85. The standard InChI is InChI=1S/C21H19F4N7O3S/c22-13-9-12(4-5-15(13)36(26,34)35)28-19-27-10-11-8-14-16(21(23,24)25)30-31-18(33)20(6-2-1-3-7-20)32(14)17(11)29-19/h4-5,8-10H,1-3,6-7H2,(H,31,33)(H2,26,34,35)(H,27,28,29). The number of rotatable bonds is 3. The molecule has 190 valence electrons. The highest BCUT2D eigenvalue weighted by Crippen LogP contribution is 2.42. The lowest BCUT2D eigenvalue weighted by molar-refractivity contribution is -0.131. The minimum Gasteiger partial charge on any atom is -0.324 e. The molecule has 2 aromatic heterocycles. The maximum absolute atomic E-state index is 14.3. The third-order valence-corrected chi connectivity index (χ3v) is 7.29. The maximum atomic E-state index is 14.3. The van der Waals surface area contributed by atoms with E-state index in [9.17, 15) is 30.8 Å². The van der Waals surface area contributed by atoms with E-state index in [-0.39, 0.29) is 28.4 Å². The van der Waals surface area contributed by atoms with Gasteiger partial charge in [-0.05, 0) is 37.1 Å². The molecule has 0 radical (unpaired) electrons. The number of halogens is 4. The van der Waals surface area contributed by atoms with E-state index in [0.29, 0.717) is 25.7 Å². The Morgan fingerprint density at radius 3 is 2.50 bits per heavy atom. The number of hydrogen-bond donors (Lipinski definition) is 3. The monoisotopic (exact) mass is 525 g/mol. The molecule has 1 aliphatic carbocycles. The number of benzene rings is 1. The number of carbonyl (C=O) groups is 1. The number of hydrogen-bond acceptors (Lipinski definition) is 7. The first-order valence-electron chi connectivity index (χ1n) is 10.8. The predicted octanol–water partition coefficient (Wildman–Crippen LogP) is 3.02. The summed E-state index contributed by atoms with van der Waals surface area (Å²) in [4.78, 5) is 20.9. The van der Waals surface area contributed by atoms with Gasteiger partial charge in [0.1, 0.15) is 21.9 Å². The van der Waals surface area contributed by atoms with Gasteiger partial charge in [-0.15, -0.1) is 0 Å². The third-order valence-electron chi connectivity index (χ3n) is 6.35. The number of alkyl halides is 3. The van der Waals surface area contributed by atoms with Gasteiger partial charge < -0.3 is 9.88 Å². The highest BCUT2D eigenvalue weighted by atomic mass is 32.2. The van der Waals surface area contributed by atoms with Crippen LogP contribution < -0.4 is 15.9 Å². The largest absolute Gasteiger partial charge is 0.437 e. The molecule has 0 saturated heterocycles. The molecule has 0 atom stereocenters. The van der Waals surface area contributed by atoms with Crippen LogP contribution in [0.3, 0.4) is 0 Å². The molecule has 1 fully saturated rings. The first-order valence-corrected chi connectivity index (χ1v) is 12.4. The molecule has 0 unspecified atom stereocenters. The third kappa shape index (κ3) is 3.97. The number of sulfonamides is 1. The van der Waals surface area contributed by atoms with Crippen LogP contribution >= 0.6 is 0 Å². The van der Waals surface area contributed by atoms with Crippen molar-refractivity contribution in [2.24, 2.45) is 10.2 Å². The Balaban J connectivity index is 1.65. The Hall–Kier alpha value is -3.59. The van der Waals surface area contributed by atoms with Gasteiger partial charge in [-0.25, -0.2) is 28.4 Å². The molecule has 1 amide bonds. The van der Waals surface area contributed by atoms with Gasteiger partial charge in [-0.1, -0.05) is 19.3 Å². The SMILES string of the molecule is NS(=O)(=O)c1ccc(Nc2ncc3cc4n(c3n2)C2(CCCCC2)C(=O)NN=C4C(F)(F)F)cc1F. The molecule has 1 aliphatic heterocycles. The van der Waals surface area contributed by atoms with Crippen molar-refractivity contribution in [1.82, 2.24) is 20.0 Å². The molecule has 3 heterocycles. The molecule has 5 rings (SSSR count). The molecular weight excluding hydrogens is 506 g/mol. The summed E-state index contributed by atoms with van der Waals surface area (Å²) in [7, 11) is -4.27. The number of carbonyl (C=O) groups excluding carboxylic acids is 1. The summed E-state index contributed by atoms with van der Waals surface area (Å²) < 4.78 is 80.1. The molecule has 1 spiro atoms. The number of primary sulfonamides is 1. The van der Waals surface area contributed by atoms with Crippen molar-refractivity contribution >= 4 is 44.3 Å². The first kappa shape index (κ1) is 24.1. The fourth-order valence-electron chi connectivity index (χ4n) is 4.76. The predicted molar refractivity (Wildman–Crippen MR) is 120 cm³/mol. The van der Waals surface area contributed by atoms with Crippen LogP contribution in [0.5, 0.6) is 0 Å². The number of nitrogens with zero attached hydrogens (tertiary/aromatic N) is 4. The molecule has 3 aromatic rings. The van der Waals surface area contributed by atoms with Crippen molar-refractivity contribution in [2.45, 2.75) is 48.7 Å². The molecule has 36 heavy (non-hydrogen) atoms. The zero-order valence-corrected chi connectivity index (χ0v) is 19.2. The first-order chi connectivity index (χ1) is 16.9. The van der Waals surface area contributed by atoms with Crippen molar-refractivity contribution < 1.29 is 30.8 Å². The van der Waals surface area contributed by atoms with E-state index in [1.807, 2.05) is 0 Å². The summed E-state index contributed by atoms with van der Waals surface area (Å²) in [6.45, 7) is 0. The van der Waals surface area contributed by atoms with Crippen LogP contribution in [0, 0.1) is 5.82 Å². The van der Waals surface area contributed by atoms with Crippen molar-refractivity contribution in [3.05, 3.63) is 42.0 Å². The number of nitrogens with one attached hydrogen (secondary N) is 2. The van der Waals surface area contributed by atoms with Crippen molar-refractivity contribution in [1.29, 1.82) is 0 Å². The van der Waals surface area contributed by atoms with Crippen LogP contribution in [0.25, 0.3) is 11.0 Å². The topological polar surface area (TPSA) is 144 Å². The Morgan fingerprint density at radius 1 is 1.14 bits per heavy atom. The van der Waals surface area contributed by atoms with Gasteiger partial charge in [0.15, 0.2) is 5.71 Å². The fourth-order valence-corrected chi connectivity index (χ4v) is 5.35. The molecular formula is C21H19F4N7O3S. The number of aromatic nitrogens is 3. The highest BCUT2D eigenvalue weighted by Gasteiger charge is 2.49. The van der Waals surface area contributed by atoms with E-state index >= 15 is 0 Å².